The van der Waals surface area contributed by atoms with Gasteiger partial charge >= 0.3 is 0 Å². The van der Waals surface area contributed by atoms with Crippen molar-refractivity contribution in [3.05, 3.63) is 23.3 Å². The van der Waals surface area contributed by atoms with E-state index in [0.29, 0.717) is 0 Å². The molecule has 0 spiro atoms. The van der Waals surface area contributed by atoms with Crippen LogP contribution >= 0.6 is 8.07 Å². The summed E-state index contributed by atoms with van der Waals surface area (Å²) in [4.78, 5) is 2.31. The van der Waals surface area contributed by atoms with Crippen molar-refractivity contribution in [2.75, 3.05) is 20.3 Å². The average Bonchev–Trinajstić information content (AvgIpc) is 2.32. The molecule has 2 aliphatic heterocycles. The molecular weight excluding hydrogens is 155 g/mol. The maximum Gasteiger partial charge on any atom is 0.0560 e. The Bertz CT molecular complexity index is 232. The van der Waals surface area contributed by atoms with Crippen molar-refractivity contribution in [1.82, 2.24) is 9.99 Å². The molecule has 11 heavy (non-hydrogen) atoms. The molecule has 2 heterocycles. The lowest BCUT2D eigenvalue weighted by Gasteiger charge is -2.20. The van der Waals surface area contributed by atoms with E-state index in [-0.39, 0.29) is 8.07 Å². The van der Waals surface area contributed by atoms with E-state index < -0.39 is 0 Å². The van der Waals surface area contributed by atoms with Gasteiger partial charge in [0.1, 0.15) is 0 Å². The van der Waals surface area contributed by atoms with Crippen LogP contribution in [0.4, 0.5) is 0 Å². The third kappa shape index (κ3) is 1.16. The number of likely N-dealkylation sites (N-methyl/N-ethyl adjacent to an activating group) is 1. The smallest absolute Gasteiger partial charge is 0.0560 e. The van der Waals surface area contributed by atoms with Crippen molar-refractivity contribution in [3.8, 4) is 0 Å². The highest BCUT2D eigenvalue weighted by Crippen LogP contribution is 2.37. The second-order valence-corrected chi connectivity index (χ2v) is 4.82. The zero-order valence-corrected chi connectivity index (χ0v) is 7.86. The first kappa shape index (κ1) is 7.17. The second-order valence-electron chi connectivity index (χ2n) is 3.07. The van der Waals surface area contributed by atoms with Gasteiger partial charge in [0, 0.05) is 33.8 Å². The lowest BCUT2D eigenvalue weighted by atomic mass is 10.3. The van der Waals surface area contributed by atoms with Crippen LogP contribution in [0.3, 0.4) is 0 Å². The van der Waals surface area contributed by atoms with Gasteiger partial charge in [-0.1, -0.05) is 0 Å². The summed E-state index contributed by atoms with van der Waals surface area (Å²) in [7, 11) is 2.09. The molecule has 0 aromatic carbocycles. The second kappa shape index (κ2) is 2.53. The highest BCUT2D eigenvalue weighted by Gasteiger charge is 2.20. The van der Waals surface area contributed by atoms with Crippen molar-refractivity contribution >= 4 is 8.07 Å². The fraction of sp³-hybridized carbons (Fsp3) is 0.500. The number of rotatable bonds is 0. The van der Waals surface area contributed by atoms with Crippen LogP contribution in [0.1, 0.15) is 6.42 Å². The van der Waals surface area contributed by atoms with E-state index in [2.05, 4.69) is 35.6 Å². The molecular formula is C8H13N2P. The van der Waals surface area contributed by atoms with Gasteiger partial charge in [0.05, 0.1) is 5.70 Å². The Morgan fingerprint density at radius 3 is 3.27 bits per heavy atom. The van der Waals surface area contributed by atoms with Gasteiger partial charge in [0.15, 0.2) is 0 Å². The molecule has 0 amide bonds. The van der Waals surface area contributed by atoms with Crippen molar-refractivity contribution < 1.29 is 0 Å². The first-order chi connectivity index (χ1) is 5.27. The van der Waals surface area contributed by atoms with Gasteiger partial charge in [0.25, 0.3) is 0 Å². The monoisotopic (exact) mass is 168 g/mol. The van der Waals surface area contributed by atoms with Crippen molar-refractivity contribution in [2.45, 2.75) is 6.42 Å². The zero-order chi connectivity index (χ0) is 7.84. The van der Waals surface area contributed by atoms with Gasteiger partial charge in [-0.3, -0.25) is 0 Å². The Balaban J connectivity index is 2.25. The third-order valence-corrected chi connectivity index (χ3v) is 3.40. The van der Waals surface area contributed by atoms with Crippen LogP contribution in [-0.2, 0) is 0 Å². The minimum absolute atomic E-state index is 0.0575. The summed E-state index contributed by atoms with van der Waals surface area (Å²) in [5, 5.41) is 3.52. The van der Waals surface area contributed by atoms with Crippen LogP contribution in [0.25, 0.3) is 0 Å². The molecule has 1 atom stereocenters. The summed E-state index contributed by atoms with van der Waals surface area (Å²) >= 11 is 0. The first-order valence-electron chi connectivity index (χ1n) is 3.89. The molecule has 0 saturated carbocycles. The van der Waals surface area contributed by atoms with E-state index in [1.54, 1.807) is 0 Å². The lowest BCUT2D eigenvalue weighted by Crippen LogP contribution is -2.13. The normalized spacial score (nSPS) is 28.9. The average molecular weight is 168 g/mol. The summed E-state index contributed by atoms with van der Waals surface area (Å²) in [5.41, 5.74) is 2.84. The molecule has 0 aromatic rings. The molecule has 0 fully saturated rings. The minimum Gasteiger partial charge on any atom is -0.373 e. The quantitative estimate of drug-likeness (QED) is 0.553. The number of hydrogen-bond acceptors (Lipinski definition) is 2. The predicted molar refractivity (Wildman–Crippen MR) is 49.4 cm³/mol. The van der Waals surface area contributed by atoms with Crippen molar-refractivity contribution in [2.24, 2.45) is 0 Å². The number of hydrogen-bond donors (Lipinski definition) is 1. The molecule has 60 valence electrons. The van der Waals surface area contributed by atoms with E-state index >= 15 is 0 Å². The van der Waals surface area contributed by atoms with Crippen molar-refractivity contribution in [3.63, 3.8) is 0 Å². The highest BCUT2D eigenvalue weighted by atomic mass is 31.1. The minimum atomic E-state index is -0.0575. The molecule has 0 bridgehead atoms. The van der Waals surface area contributed by atoms with E-state index in [1.165, 1.54) is 24.4 Å². The maximum atomic E-state index is 3.52. The molecule has 0 aromatic heterocycles. The summed E-state index contributed by atoms with van der Waals surface area (Å²) < 4.78 is 0. The van der Waals surface area contributed by atoms with Crippen LogP contribution in [0.2, 0.25) is 0 Å². The Kier molecular flexibility index (Phi) is 1.65. The van der Waals surface area contributed by atoms with Gasteiger partial charge in [-0.05, 0) is 18.6 Å². The molecule has 3 heteroatoms. The summed E-state index contributed by atoms with van der Waals surface area (Å²) in [6.07, 6.45) is 3.45. The lowest BCUT2D eigenvalue weighted by molar-refractivity contribution is 0.472. The van der Waals surface area contributed by atoms with Gasteiger partial charge < -0.3 is 9.99 Å². The zero-order valence-electron chi connectivity index (χ0n) is 6.96. The standard InChI is InChI=1S/C8H13N2P/c1-10-5-3-7-8(10)4-6-11(2)9-7/h4,6,9H,3,5H2,1-2H3. The molecule has 0 aliphatic carbocycles. The van der Waals surface area contributed by atoms with E-state index in [1.807, 2.05) is 0 Å². The number of allylic oxidation sites excluding steroid dienone is 1. The van der Waals surface area contributed by atoms with E-state index in [9.17, 15) is 0 Å². The number of nitrogens with one attached hydrogen (secondary N) is 1. The predicted octanol–water partition coefficient (Wildman–Crippen LogP) is 1.68. The van der Waals surface area contributed by atoms with E-state index in [4.69, 9.17) is 0 Å². The summed E-state index contributed by atoms with van der Waals surface area (Å²) in [5.74, 6) is 2.27. The third-order valence-electron chi connectivity index (χ3n) is 2.18. The van der Waals surface area contributed by atoms with Crippen LogP contribution in [-0.4, -0.2) is 25.2 Å². The van der Waals surface area contributed by atoms with Gasteiger partial charge in [-0.15, -0.1) is 0 Å². The van der Waals surface area contributed by atoms with Crippen LogP contribution in [0.15, 0.2) is 23.3 Å². The molecule has 0 saturated heterocycles. The Morgan fingerprint density at radius 1 is 1.64 bits per heavy atom. The maximum absolute atomic E-state index is 3.52. The largest absolute Gasteiger partial charge is 0.373 e. The number of nitrogens with zero attached hydrogens (tertiary/aromatic N) is 1. The molecule has 2 aliphatic rings. The Hall–Kier alpha value is -0.490. The van der Waals surface area contributed by atoms with Crippen LogP contribution in [0, 0.1) is 0 Å². The molecule has 1 unspecified atom stereocenters. The summed E-state index contributed by atoms with van der Waals surface area (Å²) in [6.45, 7) is 3.42. The van der Waals surface area contributed by atoms with Gasteiger partial charge in [0.2, 0.25) is 0 Å². The van der Waals surface area contributed by atoms with Gasteiger partial charge in [-0.2, -0.15) is 0 Å². The molecule has 0 radical (unpaired) electrons. The topological polar surface area (TPSA) is 15.3 Å². The SMILES string of the molecule is CN1CCC2=C1C=CP(C)N2. The highest BCUT2D eigenvalue weighted by molar-refractivity contribution is 7.58. The Labute approximate surface area is 68.8 Å². The van der Waals surface area contributed by atoms with E-state index in [0.717, 1.165) is 0 Å². The van der Waals surface area contributed by atoms with Gasteiger partial charge in [-0.25, -0.2) is 0 Å². The fourth-order valence-electron chi connectivity index (χ4n) is 1.53. The fourth-order valence-corrected chi connectivity index (χ4v) is 2.62. The summed E-state index contributed by atoms with van der Waals surface area (Å²) in [6, 6.07) is 0. The Morgan fingerprint density at radius 2 is 2.45 bits per heavy atom. The first-order valence-corrected chi connectivity index (χ1v) is 5.75. The molecule has 2 nitrogen and oxygen atoms in total. The molecule has 2 rings (SSSR count). The molecule has 1 N–H and O–H groups in total. The van der Waals surface area contributed by atoms with Crippen LogP contribution in [0.5, 0.6) is 0 Å². The van der Waals surface area contributed by atoms with Crippen LogP contribution < -0.4 is 5.09 Å². The van der Waals surface area contributed by atoms with Crippen molar-refractivity contribution in [1.29, 1.82) is 0 Å².